The first-order valence-electron chi connectivity index (χ1n) is 6.26. The smallest absolute Gasteiger partial charge is 0.322 e. The Kier molecular flexibility index (Phi) is 4.68. The molecule has 0 fully saturated rings. The van der Waals surface area contributed by atoms with Gasteiger partial charge in [0.2, 0.25) is 11.2 Å². The largest absolute Gasteiger partial charge is 0.461 e. The van der Waals surface area contributed by atoms with Crippen molar-refractivity contribution in [1.82, 2.24) is 19.9 Å². The number of aryl methyl sites for hydroxylation is 1. The molecule has 0 spiro atoms. The molecule has 0 saturated carbocycles. The third kappa shape index (κ3) is 4.03. The number of aromatic nitrogens is 4. The minimum absolute atomic E-state index is 0.0243. The van der Waals surface area contributed by atoms with Gasteiger partial charge in [-0.3, -0.25) is 4.98 Å². The van der Waals surface area contributed by atoms with Crippen LogP contribution in [-0.2, 0) is 6.54 Å². The SMILES string of the molecule is Cc1cnccc1CNc1nc(Cl)nc(OC(C)C)n1. The number of nitrogens with one attached hydrogen (secondary N) is 1. The Morgan fingerprint density at radius 2 is 2.10 bits per heavy atom. The fourth-order valence-electron chi connectivity index (χ4n) is 1.55. The summed E-state index contributed by atoms with van der Waals surface area (Å²) in [5.41, 5.74) is 2.21. The van der Waals surface area contributed by atoms with Gasteiger partial charge in [-0.25, -0.2) is 0 Å². The third-order valence-electron chi connectivity index (χ3n) is 2.50. The molecule has 2 heterocycles. The molecule has 0 bridgehead atoms. The predicted molar refractivity (Wildman–Crippen MR) is 76.9 cm³/mol. The number of anilines is 1. The Hall–Kier alpha value is -1.95. The number of pyridine rings is 1. The van der Waals surface area contributed by atoms with Crippen molar-refractivity contribution in [3.05, 3.63) is 34.9 Å². The molecule has 2 aromatic rings. The highest BCUT2D eigenvalue weighted by atomic mass is 35.5. The number of rotatable bonds is 5. The molecule has 0 unspecified atom stereocenters. The molecule has 0 amide bonds. The molecular formula is C13H16ClN5O. The summed E-state index contributed by atoms with van der Waals surface area (Å²) in [7, 11) is 0. The molecule has 1 N–H and O–H groups in total. The van der Waals surface area contributed by atoms with Crippen LogP contribution in [0, 0.1) is 6.92 Å². The number of nitrogens with zero attached hydrogens (tertiary/aromatic N) is 4. The van der Waals surface area contributed by atoms with E-state index < -0.39 is 0 Å². The lowest BCUT2D eigenvalue weighted by molar-refractivity contribution is 0.222. The van der Waals surface area contributed by atoms with Crippen LogP contribution in [0.3, 0.4) is 0 Å². The summed E-state index contributed by atoms with van der Waals surface area (Å²) in [5, 5.41) is 3.20. The van der Waals surface area contributed by atoms with Crippen molar-refractivity contribution in [2.24, 2.45) is 0 Å². The molecule has 0 aliphatic heterocycles. The van der Waals surface area contributed by atoms with Crippen LogP contribution in [0.4, 0.5) is 5.95 Å². The minimum Gasteiger partial charge on any atom is -0.461 e. The molecule has 0 aromatic carbocycles. The third-order valence-corrected chi connectivity index (χ3v) is 2.67. The molecule has 2 rings (SSSR count). The number of ether oxygens (including phenoxy) is 1. The van der Waals surface area contributed by atoms with Gasteiger partial charge in [-0.2, -0.15) is 15.0 Å². The Morgan fingerprint density at radius 3 is 2.80 bits per heavy atom. The zero-order chi connectivity index (χ0) is 14.5. The van der Waals surface area contributed by atoms with E-state index in [4.69, 9.17) is 16.3 Å². The first-order valence-corrected chi connectivity index (χ1v) is 6.64. The van der Waals surface area contributed by atoms with E-state index in [1.54, 1.807) is 6.20 Å². The first-order chi connectivity index (χ1) is 9.54. The van der Waals surface area contributed by atoms with Gasteiger partial charge in [-0.1, -0.05) is 0 Å². The van der Waals surface area contributed by atoms with Crippen LogP contribution in [0.2, 0.25) is 5.28 Å². The van der Waals surface area contributed by atoms with Gasteiger partial charge >= 0.3 is 6.01 Å². The van der Waals surface area contributed by atoms with Crippen LogP contribution in [0.25, 0.3) is 0 Å². The Balaban J connectivity index is 2.09. The van der Waals surface area contributed by atoms with E-state index in [0.29, 0.717) is 12.5 Å². The van der Waals surface area contributed by atoms with Crippen molar-refractivity contribution < 1.29 is 4.74 Å². The maximum Gasteiger partial charge on any atom is 0.322 e. The zero-order valence-corrected chi connectivity index (χ0v) is 12.3. The normalized spacial score (nSPS) is 10.7. The van der Waals surface area contributed by atoms with Crippen LogP contribution in [0.15, 0.2) is 18.5 Å². The maximum atomic E-state index is 5.85. The second kappa shape index (κ2) is 6.47. The topological polar surface area (TPSA) is 72.8 Å². The van der Waals surface area contributed by atoms with Gasteiger partial charge < -0.3 is 10.1 Å². The molecule has 2 aromatic heterocycles. The van der Waals surface area contributed by atoms with Crippen molar-refractivity contribution in [1.29, 1.82) is 0 Å². The van der Waals surface area contributed by atoms with E-state index in [0.717, 1.165) is 11.1 Å². The molecule has 6 nitrogen and oxygen atoms in total. The van der Waals surface area contributed by atoms with Crippen LogP contribution >= 0.6 is 11.6 Å². The van der Waals surface area contributed by atoms with Gasteiger partial charge in [0.05, 0.1) is 6.10 Å². The summed E-state index contributed by atoms with van der Waals surface area (Å²) < 4.78 is 5.41. The quantitative estimate of drug-likeness (QED) is 0.913. The van der Waals surface area contributed by atoms with Crippen molar-refractivity contribution in [2.75, 3.05) is 5.32 Å². The summed E-state index contributed by atoms with van der Waals surface area (Å²) in [4.78, 5) is 16.2. The summed E-state index contributed by atoms with van der Waals surface area (Å²) in [6, 6.07) is 2.16. The lowest BCUT2D eigenvalue weighted by Crippen LogP contribution is -2.11. The van der Waals surface area contributed by atoms with Crippen molar-refractivity contribution >= 4 is 17.5 Å². The number of hydrogen-bond donors (Lipinski definition) is 1. The van der Waals surface area contributed by atoms with Gasteiger partial charge in [0.1, 0.15) is 0 Å². The molecule has 0 aliphatic rings. The van der Waals surface area contributed by atoms with Crippen molar-refractivity contribution in [3.8, 4) is 6.01 Å². The lowest BCUT2D eigenvalue weighted by atomic mass is 10.1. The summed E-state index contributed by atoms with van der Waals surface area (Å²) >= 11 is 5.85. The Labute approximate surface area is 122 Å². The molecule has 7 heteroatoms. The molecule has 0 aliphatic carbocycles. The van der Waals surface area contributed by atoms with Gasteiger partial charge in [-0.15, -0.1) is 0 Å². The highest BCUT2D eigenvalue weighted by molar-refractivity contribution is 6.28. The minimum atomic E-state index is -0.0243. The van der Waals surface area contributed by atoms with E-state index in [1.807, 2.05) is 33.0 Å². The highest BCUT2D eigenvalue weighted by Gasteiger charge is 2.08. The second-order valence-corrected chi connectivity index (χ2v) is 4.87. The Morgan fingerprint density at radius 1 is 1.30 bits per heavy atom. The van der Waals surface area contributed by atoms with E-state index in [2.05, 4.69) is 25.3 Å². The molecular weight excluding hydrogens is 278 g/mol. The average molecular weight is 294 g/mol. The second-order valence-electron chi connectivity index (χ2n) is 4.53. The molecule has 106 valence electrons. The van der Waals surface area contributed by atoms with Gasteiger partial charge in [0.25, 0.3) is 0 Å². The monoisotopic (exact) mass is 293 g/mol. The van der Waals surface area contributed by atoms with Crippen LogP contribution in [0.1, 0.15) is 25.0 Å². The fourth-order valence-corrected chi connectivity index (χ4v) is 1.70. The van der Waals surface area contributed by atoms with E-state index in [9.17, 15) is 0 Å². The molecule has 20 heavy (non-hydrogen) atoms. The van der Waals surface area contributed by atoms with E-state index in [1.165, 1.54) is 0 Å². The van der Waals surface area contributed by atoms with Crippen molar-refractivity contribution in [2.45, 2.75) is 33.4 Å². The van der Waals surface area contributed by atoms with Crippen molar-refractivity contribution in [3.63, 3.8) is 0 Å². The maximum absolute atomic E-state index is 5.85. The number of halogens is 1. The first kappa shape index (κ1) is 14.5. The van der Waals surface area contributed by atoms with Crippen LogP contribution in [0.5, 0.6) is 6.01 Å². The summed E-state index contributed by atoms with van der Waals surface area (Å²) in [6.07, 6.45) is 3.53. The molecule has 0 atom stereocenters. The average Bonchev–Trinajstić information content (AvgIpc) is 2.36. The molecule has 0 radical (unpaired) electrons. The van der Waals surface area contributed by atoms with Crippen LogP contribution < -0.4 is 10.1 Å². The van der Waals surface area contributed by atoms with Gasteiger partial charge in [-0.05, 0) is 49.6 Å². The molecule has 0 saturated heterocycles. The fraction of sp³-hybridized carbons (Fsp3) is 0.385. The van der Waals surface area contributed by atoms with Gasteiger partial charge in [0, 0.05) is 18.9 Å². The standard InChI is InChI=1S/C13H16ClN5O/c1-8(2)20-13-18-11(14)17-12(19-13)16-7-10-4-5-15-6-9(10)3/h4-6,8H,7H2,1-3H3,(H,16,17,18,19). The summed E-state index contributed by atoms with van der Waals surface area (Å²) in [6.45, 7) is 6.36. The Bertz CT molecular complexity index is 591. The number of hydrogen-bond acceptors (Lipinski definition) is 6. The van der Waals surface area contributed by atoms with E-state index >= 15 is 0 Å². The highest BCUT2D eigenvalue weighted by Crippen LogP contribution is 2.14. The van der Waals surface area contributed by atoms with Crippen LogP contribution in [-0.4, -0.2) is 26.0 Å². The van der Waals surface area contributed by atoms with Gasteiger partial charge in [0.15, 0.2) is 0 Å². The lowest BCUT2D eigenvalue weighted by Gasteiger charge is -2.10. The van der Waals surface area contributed by atoms with E-state index in [-0.39, 0.29) is 17.4 Å². The summed E-state index contributed by atoms with van der Waals surface area (Å²) in [5.74, 6) is 0.386. The predicted octanol–water partition coefficient (Wildman–Crippen LogP) is 2.63. The zero-order valence-electron chi connectivity index (χ0n) is 11.6.